The van der Waals surface area contributed by atoms with Crippen LogP contribution in [0.2, 0.25) is 5.02 Å². The Morgan fingerprint density at radius 2 is 1.85 bits per heavy atom. The molecular formula is C20H19ClN4O. The average molecular weight is 367 g/mol. The number of carbonyl (C=O) groups is 1. The molecule has 1 heterocycles. The molecule has 5 nitrogen and oxygen atoms in total. The molecule has 1 aromatic heterocycles. The second kappa shape index (κ2) is 8.45. The number of benzene rings is 2. The van der Waals surface area contributed by atoms with E-state index in [1.54, 1.807) is 30.3 Å². The Morgan fingerprint density at radius 3 is 2.50 bits per heavy atom. The summed E-state index contributed by atoms with van der Waals surface area (Å²) in [6.45, 7) is 3.59. The van der Waals surface area contributed by atoms with Crippen molar-refractivity contribution in [3.05, 3.63) is 83.0 Å². The lowest BCUT2D eigenvalue weighted by Crippen LogP contribution is -2.24. The van der Waals surface area contributed by atoms with Gasteiger partial charge in [-0.1, -0.05) is 48.0 Å². The minimum Gasteiger partial charge on any atom is -0.351 e. The maximum absolute atomic E-state index is 12.3. The smallest absolute Gasteiger partial charge is 0.276 e. The summed E-state index contributed by atoms with van der Waals surface area (Å²) in [4.78, 5) is 14.4. The highest BCUT2D eigenvalue weighted by molar-refractivity contribution is 6.30. The van der Waals surface area contributed by atoms with E-state index in [0.717, 1.165) is 18.9 Å². The van der Waals surface area contributed by atoms with E-state index in [0.29, 0.717) is 10.7 Å². The van der Waals surface area contributed by atoms with E-state index >= 15 is 0 Å². The van der Waals surface area contributed by atoms with E-state index in [1.807, 2.05) is 24.3 Å². The highest BCUT2D eigenvalue weighted by Gasteiger charge is 2.12. The van der Waals surface area contributed by atoms with Crippen LogP contribution >= 0.6 is 11.6 Å². The van der Waals surface area contributed by atoms with Gasteiger partial charge in [0, 0.05) is 23.8 Å². The van der Waals surface area contributed by atoms with Crippen LogP contribution in [0, 0.1) is 0 Å². The number of carbonyl (C=O) groups excluding carboxylic acids is 1. The molecule has 132 valence electrons. The van der Waals surface area contributed by atoms with Crippen LogP contribution in [0.15, 0.2) is 66.7 Å². The van der Waals surface area contributed by atoms with Crippen LogP contribution in [0.4, 0.5) is 11.5 Å². The lowest BCUT2D eigenvalue weighted by Gasteiger charge is -2.21. The van der Waals surface area contributed by atoms with Crippen molar-refractivity contribution in [3.63, 3.8) is 0 Å². The second-order valence-electron chi connectivity index (χ2n) is 5.74. The van der Waals surface area contributed by atoms with Crippen LogP contribution < -0.4 is 10.2 Å². The third-order valence-electron chi connectivity index (χ3n) is 3.89. The lowest BCUT2D eigenvalue weighted by molar-refractivity contribution is 0.102. The molecule has 0 saturated heterocycles. The van der Waals surface area contributed by atoms with Crippen molar-refractivity contribution in [2.75, 3.05) is 16.8 Å². The zero-order valence-corrected chi connectivity index (χ0v) is 15.1. The average Bonchev–Trinajstić information content (AvgIpc) is 2.67. The van der Waals surface area contributed by atoms with Gasteiger partial charge in [-0.05, 0) is 42.8 Å². The van der Waals surface area contributed by atoms with E-state index in [1.165, 1.54) is 5.56 Å². The van der Waals surface area contributed by atoms with Crippen LogP contribution in [0.25, 0.3) is 0 Å². The van der Waals surface area contributed by atoms with Gasteiger partial charge in [0.15, 0.2) is 11.5 Å². The fourth-order valence-corrected chi connectivity index (χ4v) is 2.73. The number of amides is 1. The van der Waals surface area contributed by atoms with Gasteiger partial charge in [-0.15, -0.1) is 10.2 Å². The summed E-state index contributed by atoms with van der Waals surface area (Å²) < 4.78 is 0. The number of nitrogens with one attached hydrogen (secondary N) is 1. The number of nitrogens with zero attached hydrogens (tertiary/aromatic N) is 3. The molecule has 0 atom stereocenters. The summed E-state index contributed by atoms with van der Waals surface area (Å²) >= 11 is 5.93. The summed E-state index contributed by atoms with van der Waals surface area (Å²) in [5, 5.41) is 11.6. The van der Waals surface area contributed by atoms with E-state index in [2.05, 4.69) is 39.5 Å². The van der Waals surface area contributed by atoms with Crippen molar-refractivity contribution in [3.8, 4) is 0 Å². The van der Waals surface area contributed by atoms with Crippen molar-refractivity contribution in [1.29, 1.82) is 0 Å². The molecule has 0 aliphatic carbocycles. The number of rotatable bonds is 6. The third kappa shape index (κ3) is 4.58. The molecule has 0 aliphatic rings. The third-order valence-corrected chi connectivity index (χ3v) is 4.12. The molecule has 0 aliphatic heterocycles. The predicted octanol–water partition coefficient (Wildman–Crippen LogP) is 4.41. The summed E-state index contributed by atoms with van der Waals surface area (Å²) in [7, 11) is 0. The molecule has 6 heteroatoms. The molecule has 2 aromatic carbocycles. The lowest BCUT2D eigenvalue weighted by atomic mass is 10.2. The molecule has 0 unspecified atom stereocenters. The molecule has 0 fully saturated rings. The number of halogens is 1. The number of hydrogen-bond acceptors (Lipinski definition) is 4. The minimum absolute atomic E-state index is 0.254. The van der Waals surface area contributed by atoms with Crippen LogP contribution in [0.5, 0.6) is 0 Å². The molecule has 0 saturated carbocycles. The topological polar surface area (TPSA) is 58.1 Å². The molecular weight excluding hydrogens is 348 g/mol. The van der Waals surface area contributed by atoms with Gasteiger partial charge < -0.3 is 10.2 Å². The van der Waals surface area contributed by atoms with Gasteiger partial charge in [-0.25, -0.2) is 0 Å². The van der Waals surface area contributed by atoms with Crippen molar-refractivity contribution in [2.45, 2.75) is 13.5 Å². The highest BCUT2D eigenvalue weighted by Crippen LogP contribution is 2.17. The van der Waals surface area contributed by atoms with Gasteiger partial charge in [0.25, 0.3) is 5.91 Å². The normalized spacial score (nSPS) is 10.4. The first-order valence-corrected chi connectivity index (χ1v) is 8.73. The number of hydrogen-bond donors (Lipinski definition) is 1. The molecule has 3 rings (SSSR count). The maximum Gasteiger partial charge on any atom is 0.276 e. The fraction of sp³-hybridized carbons (Fsp3) is 0.150. The van der Waals surface area contributed by atoms with Gasteiger partial charge in [0.2, 0.25) is 0 Å². The molecule has 1 N–H and O–H groups in total. The van der Waals surface area contributed by atoms with Crippen LogP contribution in [0.1, 0.15) is 23.0 Å². The van der Waals surface area contributed by atoms with E-state index in [4.69, 9.17) is 11.6 Å². The largest absolute Gasteiger partial charge is 0.351 e. The van der Waals surface area contributed by atoms with Crippen molar-refractivity contribution in [2.24, 2.45) is 0 Å². The van der Waals surface area contributed by atoms with Crippen LogP contribution in [-0.4, -0.2) is 22.6 Å². The Kier molecular flexibility index (Phi) is 5.81. The first kappa shape index (κ1) is 17.9. The molecule has 0 radical (unpaired) electrons. The van der Waals surface area contributed by atoms with Gasteiger partial charge in [-0.3, -0.25) is 4.79 Å². The minimum atomic E-state index is -0.322. The van der Waals surface area contributed by atoms with Crippen LogP contribution in [0.3, 0.4) is 0 Å². The fourth-order valence-electron chi connectivity index (χ4n) is 2.53. The van der Waals surface area contributed by atoms with Crippen molar-refractivity contribution in [1.82, 2.24) is 10.2 Å². The first-order chi connectivity index (χ1) is 12.7. The quantitative estimate of drug-likeness (QED) is 0.702. The summed E-state index contributed by atoms with van der Waals surface area (Å²) in [5.41, 5.74) is 2.07. The van der Waals surface area contributed by atoms with Crippen molar-refractivity contribution >= 4 is 29.0 Å². The molecule has 0 spiro atoms. The first-order valence-electron chi connectivity index (χ1n) is 8.35. The van der Waals surface area contributed by atoms with E-state index in [-0.39, 0.29) is 11.6 Å². The van der Waals surface area contributed by atoms with Crippen molar-refractivity contribution < 1.29 is 4.79 Å². The Morgan fingerprint density at radius 1 is 1.04 bits per heavy atom. The van der Waals surface area contributed by atoms with Gasteiger partial charge in [0.1, 0.15) is 0 Å². The van der Waals surface area contributed by atoms with Gasteiger partial charge in [0.05, 0.1) is 0 Å². The van der Waals surface area contributed by atoms with Gasteiger partial charge >= 0.3 is 0 Å². The Balaban J connectivity index is 1.69. The standard InChI is InChI=1S/C20H19ClN4O/c1-2-25(14-15-7-4-3-5-8-15)19-12-11-18(23-24-19)20(26)22-17-10-6-9-16(21)13-17/h3-13H,2,14H2,1H3,(H,22,26). The van der Waals surface area contributed by atoms with Gasteiger partial charge in [-0.2, -0.15) is 0 Å². The zero-order valence-electron chi connectivity index (χ0n) is 14.4. The maximum atomic E-state index is 12.3. The molecule has 0 bridgehead atoms. The molecule has 1 amide bonds. The SMILES string of the molecule is CCN(Cc1ccccc1)c1ccc(C(=O)Nc2cccc(Cl)c2)nn1. The number of anilines is 2. The summed E-state index contributed by atoms with van der Waals surface area (Å²) in [6.07, 6.45) is 0. The molecule has 26 heavy (non-hydrogen) atoms. The van der Waals surface area contributed by atoms with E-state index < -0.39 is 0 Å². The number of aromatic nitrogens is 2. The monoisotopic (exact) mass is 366 g/mol. The highest BCUT2D eigenvalue weighted by atomic mass is 35.5. The Labute approximate surface area is 157 Å². The van der Waals surface area contributed by atoms with Crippen LogP contribution in [-0.2, 0) is 6.54 Å². The summed E-state index contributed by atoms with van der Waals surface area (Å²) in [6, 6.07) is 20.6. The predicted molar refractivity (Wildman–Crippen MR) is 105 cm³/mol. The summed E-state index contributed by atoms with van der Waals surface area (Å²) in [5.74, 6) is 0.410. The Hall–Kier alpha value is -2.92. The van der Waals surface area contributed by atoms with E-state index in [9.17, 15) is 4.79 Å². The second-order valence-corrected chi connectivity index (χ2v) is 6.18. The zero-order chi connectivity index (χ0) is 18.4. The molecule has 3 aromatic rings. The Bertz CT molecular complexity index is 868.